The molecule has 2 aromatic rings. The normalized spacial score (nSPS) is 16.0. The van der Waals surface area contributed by atoms with Crippen LogP contribution in [0.5, 0.6) is 0 Å². The van der Waals surface area contributed by atoms with Gasteiger partial charge in [-0.15, -0.1) is 0 Å². The molecule has 6 nitrogen and oxygen atoms in total. The Kier molecular flexibility index (Phi) is 3.92. The summed E-state index contributed by atoms with van der Waals surface area (Å²) in [4.78, 5) is 16.2. The van der Waals surface area contributed by atoms with E-state index in [4.69, 9.17) is 4.74 Å². The number of hydrogen-bond acceptors (Lipinski definition) is 4. The highest BCUT2D eigenvalue weighted by molar-refractivity contribution is 5.92. The standard InChI is InChI=1S/C17H24N4O2/c1-17(2,3)23-16(22)21-10-8-20(9-11-21)15-7-5-6-14-13(15)12-18-19(14)4/h5-7,12H,8-11H2,1-4H3. The lowest BCUT2D eigenvalue weighted by atomic mass is 10.2. The third kappa shape index (κ3) is 3.25. The van der Waals surface area contributed by atoms with Gasteiger partial charge in [0.2, 0.25) is 0 Å². The molecule has 1 aromatic carbocycles. The van der Waals surface area contributed by atoms with Gasteiger partial charge in [0.1, 0.15) is 5.60 Å². The summed E-state index contributed by atoms with van der Waals surface area (Å²) >= 11 is 0. The minimum absolute atomic E-state index is 0.225. The molecule has 1 aliphatic heterocycles. The second-order valence-corrected chi connectivity index (χ2v) is 6.93. The number of hydrogen-bond donors (Lipinski definition) is 0. The van der Waals surface area contributed by atoms with Crippen molar-refractivity contribution in [2.75, 3.05) is 31.1 Å². The number of benzene rings is 1. The van der Waals surface area contributed by atoms with E-state index < -0.39 is 5.60 Å². The highest BCUT2D eigenvalue weighted by Gasteiger charge is 2.26. The molecule has 0 radical (unpaired) electrons. The van der Waals surface area contributed by atoms with Crippen molar-refractivity contribution >= 4 is 22.7 Å². The molecule has 0 spiro atoms. The fourth-order valence-electron chi connectivity index (χ4n) is 2.89. The Hall–Kier alpha value is -2.24. The summed E-state index contributed by atoms with van der Waals surface area (Å²) in [6.07, 6.45) is 1.68. The number of carbonyl (C=O) groups is 1. The van der Waals surface area contributed by atoms with Gasteiger partial charge in [-0.1, -0.05) is 6.07 Å². The lowest BCUT2D eigenvalue weighted by molar-refractivity contribution is 0.0241. The lowest BCUT2D eigenvalue weighted by Gasteiger charge is -2.37. The SMILES string of the molecule is Cn1ncc2c(N3CCN(C(=O)OC(C)(C)C)CC3)cccc21. The topological polar surface area (TPSA) is 50.6 Å². The van der Waals surface area contributed by atoms with Crippen LogP contribution >= 0.6 is 0 Å². The Balaban J connectivity index is 1.70. The largest absolute Gasteiger partial charge is 0.444 e. The fraction of sp³-hybridized carbons (Fsp3) is 0.529. The molecule has 6 heteroatoms. The van der Waals surface area contributed by atoms with Gasteiger partial charge in [-0.2, -0.15) is 5.10 Å². The van der Waals surface area contributed by atoms with Gasteiger partial charge >= 0.3 is 6.09 Å². The molecule has 0 unspecified atom stereocenters. The van der Waals surface area contributed by atoms with E-state index in [0.29, 0.717) is 13.1 Å². The number of amides is 1. The van der Waals surface area contributed by atoms with E-state index >= 15 is 0 Å². The highest BCUT2D eigenvalue weighted by atomic mass is 16.6. The highest BCUT2D eigenvalue weighted by Crippen LogP contribution is 2.27. The maximum Gasteiger partial charge on any atom is 0.410 e. The Morgan fingerprint density at radius 2 is 1.87 bits per heavy atom. The molecule has 3 rings (SSSR count). The zero-order valence-electron chi connectivity index (χ0n) is 14.2. The summed E-state index contributed by atoms with van der Waals surface area (Å²) in [5, 5.41) is 5.49. The molecule has 0 bridgehead atoms. The number of rotatable bonds is 1. The minimum atomic E-state index is -0.449. The molecule has 23 heavy (non-hydrogen) atoms. The van der Waals surface area contributed by atoms with Gasteiger partial charge in [-0.3, -0.25) is 4.68 Å². The Morgan fingerprint density at radius 3 is 2.52 bits per heavy atom. The molecule has 1 aliphatic rings. The van der Waals surface area contributed by atoms with Crippen LogP contribution in [0.4, 0.5) is 10.5 Å². The molecule has 1 aromatic heterocycles. The minimum Gasteiger partial charge on any atom is -0.444 e. The molecule has 0 atom stereocenters. The van der Waals surface area contributed by atoms with Crippen LogP contribution in [0.15, 0.2) is 24.4 Å². The molecule has 1 fully saturated rings. The average Bonchev–Trinajstić information content (AvgIpc) is 2.87. The third-order valence-corrected chi connectivity index (χ3v) is 4.04. The van der Waals surface area contributed by atoms with E-state index in [1.54, 1.807) is 4.90 Å². The number of nitrogens with zero attached hydrogens (tertiary/aromatic N) is 4. The van der Waals surface area contributed by atoms with Gasteiger partial charge < -0.3 is 14.5 Å². The Labute approximate surface area is 136 Å². The van der Waals surface area contributed by atoms with Gasteiger partial charge in [0.15, 0.2) is 0 Å². The van der Waals surface area contributed by atoms with Crippen molar-refractivity contribution in [3.8, 4) is 0 Å². The second kappa shape index (κ2) is 5.76. The summed E-state index contributed by atoms with van der Waals surface area (Å²) in [6.45, 7) is 8.62. The predicted molar refractivity (Wildman–Crippen MR) is 90.7 cm³/mol. The first-order valence-corrected chi connectivity index (χ1v) is 7.99. The summed E-state index contributed by atoms with van der Waals surface area (Å²) < 4.78 is 7.33. The van der Waals surface area contributed by atoms with Crippen LogP contribution in [-0.4, -0.2) is 52.6 Å². The van der Waals surface area contributed by atoms with Crippen molar-refractivity contribution in [2.45, 2.75) is 26.4 Å². The first-order chi connectivity index (χ1) is 10.8. The number of ether oxygens (including phenoxy) is 1. The Morgan fingerprint density at radius 1 is 1.17 bits per heavy atom. The quantitative estimate of drug-likeness (QED) is 0.811. The smallest absolute Gasteiger partial charge is 0.410 e. The fourth-order valence-corrected chi connectivity index (χ4v) is 2.89. The maximum atomic E-state index is 12.1. The van der Waals surface area contributed by atoms with Gasteiger partial charge in [-0.05, 0) is 32.9 Å². The van der Waals surface area contributed by atoms with Crippen molar-refractivity contribution in [1.29, 1.82) is 0 Å². The number of anilines is 1. The molecule has 1 saturated heterocycles. The van der Waals surface area contributed by atoms with E-state index in [1.807, 2.05) is 38.7 Å². The molecule has 2 heterocycles. The third-order valence-electron chi connectivity index (χ3n) is 4.04. The monoisotopic (exact) mass is 316 g/mol. The van der Waals surface area contributed by atoms with Crippen molar-refractivity contribution in [3.05, 3.63) is 24.4 Å². The average molecular weight is 316 g/mol. The van der Waals surface area contributed by atoms with Crippen LogP contribution in [0, 0.1) is 0 Å². The number of carbonyl (C=O) groups excluding carboxylic acids is 1. The van der Waals surface area contributed by atoms with E-state index in [0.717, 1.165) is 24.0 Å². The lowest BCUT2D eigenvalue weighted by Crippen LogP contribution is -2.50. The van der Waals surface area contributed by atoms with E-state index in [-0.39, 0.29) is 6.09 Å². The van der Waals surface area contributed by atoms with Crippen LogP contribution in [0.25, 0.3) is 10.9 Å². The predicted octanol–water partition coefficient (Wildman–Crippen LogP) is 2.63. The van der Waals surface area contributed by atoms with Gasteiger partial charge in [0.25, 0.3) is 0 Å². The van der Waals surface area contributed by atoms with E-state index in [9.17, 15) is 4.79 Å². The van der Waals surface area contributed by atoms with Crippen LogP contribution in [0.3, 0.4) is 0 Å². The molecular weight excluding hydrogens is 292 g/mol. The molecule has 0 N–H and O–H groups in total. The number of piperazine rings is 1. The van der Waals surface area contributed by atoms with Crippen LogP contribution in [-0.2, 0) is 11.8 Å². The van der Waals surface area contributed by atoms with E-state index in [2.05, 4.69) is 28.2 Å². The summed E-state index contributed by atoms with van der Waals surface area (Å²) in [5.74, 6) is 0. The first kappa shape index (κ1) is 15.6. The maximum absolute atomic E-state index is 12.1. The summed E-state index contributed by atoms with van der Waals surface area (Å²) in [5.41, 5.74) is 1.85. The zero-order valence-corrected chi connectivity index (χ0v) is 14.2. The van der Waals surface area contributed by atoms with Crippen molar-refractivity contribution in [1.82, 2.24) is 14.7 Å². The zero-order chi connectivity index (χ0) is 16.6. The van der Waals surface area contributed by atoms with Crippen molar-refractivity contribution in [2.24, 2.45) is 7.05 Å². The molecular formula is C17H24N4O2. The van der Waals surface area contributed by atoms with Crippen molar-refractivity contribution < 1.29 is 9.53 Å². The molecule has 0 saturated carbocycles. The number of fused-ring (bicyclic) bond motifs is 1. The summed E-state index contributed by atoms with van der Waals surface area (Å²) in [7, 11) is 1.95. The van der Waals surface area contributed by atoms with Crippen molar-refractivity contribution in [3.63, 3.8) is 0 Å². The second-order valence-electron chi connectivity index (χ2n) is 6.93. The Bertz CT molecular complexity index is 709. The van der Waals surface area contributed by atoms with Gasteiger partial charge in [0.05, 0.1) is 11.7 Å². The molecule has 1 amide bonds. The number of aromatic nitrogens is 2. The van der Waals surface area contributed by atoms with Gasteiger partial charge in [0, 0.05) is 44.3 Å². The molecule has 0 aliphatic carbocycles. The van der Waals surface area contributed by atoms with E-state index in [1.165, 1.54) is 5.69 Å². The van der Waals surface area contributed by atoms with Crippen LogP contribution in [0.1, 0.15) is 20.8 Å². The molecule has 124 valence electrons. The number of aryl methyl sites for hydroxylation is 1. The first-order valence-electron chi connectivity index (χ1n) is 7.99. The van der Waals surface area contributed by atoms with Crippen LogP contribution in [0.2, 0.25) is 0 Å². The van der Waals surface area contributed by atoms with Crippen LogP contribution < -0.4 is 4.90 Å². The summed E-state index contributed by atoms with van der Waals surface area (Å²) in [6, 6.07) is 6.25. The van der Waals surface area contributed by atoms with Gasteiger partial charge in [-0.25, -0.2) is 4.79 Å².